The summed E-state index contributed by atoms with van der Waals surface area (Å²) in [6, 6.07) is 7.37. The van der Waals surface area contributed by atoms with Gasteiger partial charge in [0.1, 0.15) is 5.75 Å². The lowest BCUT2D eigenvalue weighted by Crippen LogP contribution is -2.29. The highest BCUT2D eigenvalue weighted by atomic mass is 35.5. The van der Waals surface area contributed by atoms with E-state index in [2.05, 4.69) is 17.5 Å². The third-order valence-electron chi connectivity index (χ3n) is 4.94. The number of fused-ring (bicyclic) bond motifs is 3. The monoisotopic (exact) mass is 376 g/mol. The molecule has 0 radical (unpaired) electrons. The first-order valence-electron chi connectivity index (χ1n) is 7.85. The van der Waals surface area contributed by atoms with Gasteiger partial charge in [-0.15, -0.1) is 0 Å². The molecule has 5 nitrogen and oxygen atoms in total. The molecule has 0 spiro atoms. The Bertz CT molecular complexity index is 913. The highest BCUT2D eigenvalue weighted by Gasteiger charge is 2.40. The summed E-state index contributed by atoms with van der Waals surface area (Å²) < 4.78 is 0. The molecule has 0 saturated carbocycles. The van der Waals surface area contributed by atoms with Crippen molar-refractivity contribution in [1.82, 2.24) is 0 Å². The number of aromatic hydroxyl groups is 1. The molecule has 0 bridgehead atoms. The van der Waals surface area contributed by atoms with Crippen LogP contribution in [0.3, 0.4) is 0 Å². The molecule has 2 aliphatic rings. The van der Waals surface area contributed by atoms with Gasteiger partial charge < -0.3 is 10.4 Å². The van der Waals surface area contributed by atoms with Gasteiger partial charge in [-0.05, 0) is 36.1 Å². The van der Waals surface area contributed by atoms with Crippen LogP contribution in [0.2, 0.25) is 10.0 Å². The number of non-ortho nitro benzene ring substituents is 1. The standard InChI is InChI=1S/C18H14Cl2N2O3/c19-9-6-13-11-2-1-3-12(11)17(21-18(13)15(20)7-9)14-8-10(22(24)25)4-5-16(14)23/h1-2,4-8,11-12,17,21,23H,3H2. The van der Waals surface area contributed by atoms with Crippen LogP contribution in [0.5, 0.6) is 5.75 Å². The fourth-order valence-corrected chi connectivity index (χ4v) is 4.40. The number of nitrogens with one attached hydrogen (secondary N) is 1. The third kappa shape index (κ3) is 2.64. The summed E-state index contributed by atoms with van der Waals surface area (Å²) >= 11 is 12.5. The molecule has 1 aliphatic carbocycles. The van der Waals surface area contributed by atoms with Crippen LogP contribution >= 0.6 is 23.2 Å². The molecule has 2 aromatic rings. The second-order valence-corrected chi connectivity index (χ2v) is 7.17. The van der Waals surface area contributed by atoms with E-state index < -0.39 is 4.92 Å². The molecular formula is C18H14Cl2N2O3. The molecule has 3 atom stereocenters. The molecule has 128 valence electrons. The Morgan fingerprint density at radius 3 is 2.76 bits per heavy atom. The normalized spacial score (nSPS) is 23.7. The van der Waals surface area contributed by atoms with Crippen molar-refractivity contribution in [1.29, 1.82) is 0 Å². The van der Waals surface area contributed by atoms with Crippen LogP contribution in [0.1, 0.15) is 29.5 Å². The summed E-state index contributed by atoms with van der Waals surface area (Å²) in [7, 11) is 0. The van der Waals surface area contributed by atoms with Crippen molar-refractivity contribution in [2.45, 2.75) is 18.4 Å². The largest absolute Gasteiger partial charge is 0.508 e. The minimum atomic E-state index is -0.461. The number of phenolic OH excluding ortho intramolecular Hbond substituents is 1. The summed E-state index contributed by atoms with van der Waals surface area (Å²) in [6.45, 7) is 0. The lowest BCUT2D eigenvalue weighted by Gasteiger charge is -2.38. The van der Waals surface area contributed by atoms with Crippen molar-refractivity contribution >= 4 is 34.6 Å². The molecule has 1 heterocycles. The van der Waals surface area contributed by atoms with Crippen molar-refractivity contribution in [3.63, 3.8) is 0 Å². The van der Waals surface area contributed by atoms with Gasteiger partial charge in [-0.2, -0.15) is 0 Å². The van der Waals surface area contributed by atoms with E-state index in [1.54, 1.807) is 6.07 Å². The second kappa shape index (κ2) is 5.93. The molecular weight excluding hydrogens is 363 g/mol. The SMILES string of the molecule is O=[N+]([O-])c1ccc(O)c(C2Nc3c(Cl)cc(Cl)cc3C3C=CCC32)c1. The fraction of sp³-hybridized carbons (Fsp3) is 0.222. The van der Waals surface area contributed by atoms with Crippen LogP contribution in [0.15, 0.2) is 42.5 Å². The number of nitrogens with zero attached hydrogens (tertiary/aromatic N) is 1. The lowest BCUT2D eigenvalue weighted by molar-refractivity contribution is -0.385. The summed E-state index contributed by atoms with van der Waals surface area (Å²) in [5.74, 6) is 0.244. The van der Waals surface area contributed by atoms with Gasteiger partial charge in [-0.3, -0.25) is 10.1 Å². The van der Waals surface area contributed by atoms with Gasteiger partial charge in [-0.25, -0.2) is 0 Å². The summed E-state index contributed by atoms with van der Waals surface area (Å²) in [5.41, 5.74) is 2.22. The second-order valence-electron chi connectivity index (χ2n) is 6.33. The van der Waals surface area contributed by atoms with Gasteiger partial charge in [0.25, 0.3) is 5.69 Å². The molecule has 2 N–H and O–H groups in total. The zero-order valence-corrected chi connectivity index (χ0v) is 14.5. The summed E-state index contributed by atoms with van der Waals surface area (Å²) in [5, 5.41) is 25.9. The molecule has 7 heteroatoms. The quantitative estimate of drug-likeness (QED) is 0.416. The van der Waals surface area contributed by atoms with Gasteiger partial charge in [0, 0.05) is 28.6 Å². The van der Waals surface area contributed by atoms with Gasteiger partial charge in [-0.1, -0.05) is 35.4 Å². The molecule has 3 unspecified atom stereocenters. The van der Waals surface area contributed by atoms with Crippen molar-refractivity contribution in [2.75, 3.05) is 5.32 Å². The molecule has 1 aliphatic heterocycles. The predicted octanol–water partition coefficient (Wildman–Crippen LogP) is 5.43. The highest BCUT2D eigenvalue weighted by molar-refractivity contribution is 6.36. The van der Waals surface area contributed by atoms with Crippen molar-refractivity contribution in [3.05, 3.63) is 73.8 Å². The van der Waals surface area contributed by atoms with E-state index in [9.17, 15) is 15.2 Å². The lowest BCUT2D eigenvalue weighted by atomic mass is 9.77. The minimum absolute atomic E-state index is 0.0299. The number of rotatable bonds is 2. The van der Waals surface area contributed by atoms with Crippen LogP contribution in [-0.4, -0.2) is 10.0 Å². The number of nitro benzene ring substituents is 1. The molecule has 4 rings (SSSR count). The van der Waals surface area contributed by atoms with Crippen molar-refractivity contribution in [2.24, 2.45) is 5.92 Å². The third-order valence-corrected chi connectivity index (χ3v) is 5.46. The first-order valence-corrected chi connectivity index (χ1v) is 8.60. The minimum Gasteiger partial charge on any atom is -0.508 e. The summed E-state index contributed by atoms with van der Waals surface area (Å²) in [6.07, 6.45) is 4.99. The van der Waals surface area contributed by atoms with E-state index in [-0.39, 0.29) is 29.3 Å². The number of benzene rings is 2. The van der Waals surface area contributed by atoms with Gasteiger partial charge >= 0.3 is 0 Å². The Hall–Kier alpha value is -2.24. The number of halogens is 2. The zero-order valence-electron chi connectivity index (χ0n) is 12.9. The van der Waals surface area contributed by atoms with Gasteiger partial charge in [0.15, 0.2) is 0 Å². The Morgan fingerprint density at radius 2 is 2.00 bits per heavy atom. The van der Waals surface area contributed by atoms with E-state index in [1.807, 2.05) is 6.07 Å². The first-order chi connectivity index (χ1) is 12.0. The number of hydrogen-bond acceptors (Lipinski definition) is 4. The molecule has 25 heavy (non-hydrogen) atoms. The van der Waals surface area contributed by atoms with Gasteiger partial charge in [0.2, 0.25) is 0 Å². The number of hydrogen-bond donors (Lipinski definition) is 2. The van der Waals surface area contributed by atoms with E-state index in [1.165, 1.54) is 18.2 Å². The Kier molecular flexibility index (Phi) is 3.85. The van der Waals surface area contributed by atoms with E-state index in [4.69, 9.17) is 23.2 Å². The predicted molar refractivity (Wildman–Crippen MR) is 97.6 cm³/mol. The van der Waals surface area contributed by atoms with Crippen LogP contribution in [0.25, 0.3) is 0 Å². The maximum absolute atomic E-state index is 11.1. The van der Waals surface area contributed by atoms with Crippen LogP contribution < -0.4 is 5.32 Å². The molecule has 2 aromatic carbocycles. The molecule has 0 fully saturated rings. The highest BCUT2D eigenvalue weighted by Crippen LogP contribution is 2.53. The average molecular weight is 377 g/mol. The van der Waals surface area contributed by atoms with Gasteiger partial charge in [0.05, 0.1) is 21.7 Å². The number of nitro groups is 1. The smallest absolute Gasteiger partial charge is 0.270 e. The first kappa shape index (κ1) is 16.2. The van der Waals surface area contributed by atoms with Crippen LogP contribution in [0, 0.1) is 16.0 Å². The fourth-order valence-electron chi connectivity index (χ4n) is 3.83. The maximum Gasteiger partial charge on any atom is 0.270 e. The van der Waals surface area contributed by atoms with E-state index in [0.29, 0.717) is 15.6 Å². The Labute approximate surface area is 154 Å². The van der Waals surface area contributed by atoms with Crippen LogP contribution in [-0.2, 0) is 0 Å². The average Bonchev–Trinajstić information content (AvgIpc) is 3.05. The Morgan fingerprint density at radius 1 is 1.20 bits per heavy atom. The van der Waals surface area contributed by atoms with Crippen molar-refractivity contribution < 1.29 is 10.0 Å². The maximum atomic E-state index is 11.1. The van der Waals surface area contributed by atoms with Crippen LogP contribution in [0.4, 0.5) is 11.4 Å². The molecule has 0 amide bonds. The zero-order chi connectivity index (χ0) is 17.7. The number of phenols is 1. The molecule has 0 aromatic heterocycles. The number of allylic oxidation sites excluding steroid dienone is 2. The molecule has 0 saturated heterocycles. The number of anilines is 1. The topological polar surface area (TPSA) is 75.4 Å². The van der Waals surface area contributed by atoms with E-state index >= 15 is 0 Å². The van der Waals surface area contributed by atoms with E-state index in [0.717, 1.165) is 17.7 Å². The Balaban J connectivity index is 1.85. The summed E-state index contributed by atoms with van der Waals surface area (Å²) in [4.78, 5) is 10.7. The van der Waals surface area contributed by atoms with Crippen molar-refractivity contribution in [3.8, 4) is 5.75 Å².